The zero-order chi connectivity index (χ0) is 14.5. The molecule has 5 heteroatoms. The second kappa shape index (κ2) is 6.68. The Balaban J connectivity index is 2.43. The smallest absolute Gasteiger partial charge is 0.254 e. The molecule has 0 aromatic carbocycles. The highest BCUT2D eigenvalue weighted by Crippen LogP contribution is 2.18. The summed E-state index contributed by atoms with van der Waals surface area (Å²) in [5.74, 6) is 0.0325. The molecule has 1 atom stereocenters. The first-order valence-electron chi connectivity index (χ1n) is 7.15. The molecule has 1 aliphatic rings. The topological polar surface area (TPSA) is 61.8 Å². The van der Waals surface area contributed by atoms with Crippen molar-refractivity contribution in [3.8, 4) is 0 Å². The molecule has 1 aliphatic heterocycles. The van der Waals surface area contributed by atoms with Crippen LogP contribution < -0.4 is 5.32 Å². The Hall–Kier alpha value is -0.650. The van der Waals surface area contributed by atoms with E-state index in [0.717, 1.165) is 26.2 Å². The summed E-state index contributed by atoms with van der Waals surface area (Å²) in [6.45, 7) is 10.9. The number of hydrogen-bond donors (Lipinski definition) is 2. The van der Waals surface area contributed by atoms with Gasteiger partial charge in [-0.2, -0.15) is 0 Å². The third kappa shape index (κ3) is 5.09. The maximum absolute atomic E-state index is 12.4. The van der Waals surface area contributed by atoms with Crippen molar-refractivity contribution in [3.63, 3.8) is 0 Å². The molecule has 5 nitrogen and oxygen atoms in total. The SMILES string of the molecule is CCC(C)(O)CCOC(C)(C)C(=O)N1CCNCC1. The van der Waals surface area contributed by atoms with Crippen LogP contribution >= 0.6 is 0 Å². The van der Waals surface area contributed by atoms with Gasteiger partial charge in [0.1, 0.15) is 5.60 Å². The molecule has 1 rings (SSSR count). The van der Waals surface area contributed by atoms with Crippen molar-refractivity contribution < 1.29 is 14.6 Å². The molecule has 1 heterocycles. The Morgan fingerprint density at radius 2 is 1.89 bits per heavy atom. The zero-order valence-electron chi connectivity index (χ0n) is 12.7. The molecule has 1 fully saturated rings. The predicted octanol–water partition coefficient (Wildman–Crippen LogP) is 0.765. The van der Waals surface area contributed by atoms with E-state index < -0.39 is 11.2 Å². The first-order chi connectivity index (χ1) is 8.78. The molecule has 0 radical (unpaired) electrons. The lowest BCUT2D eigenvalue weighted by molar-refractivity contribution is -0.156. The summed E-state index contributed by atoms with van der Waals surface area (Å²) in [5.41, 5.74) is -1.53. The monoisotopic (exact) mass is 272 g/mol. The van der Waals surface area contributed by atoms with Crippen LogP contribution in [0.25, 0.3) is 0 Å². The van der Waals surface area contributed by atoms with Crippen molar-refractivity contribution in [2.45, 2.75) is 51.7 Å². The lowest BCUT2D eigenvalue weighted by Gasteiger charge is -2.35. The number of carbonyl (C=O) groups is 1. The van der Waals surface area contributed by atoms with Crippen molar-refractivity contribution in [1.29, 1.82) is 0 Å². The number of hydrogen-bond acceptors (Lipinski definition) is 4. The lowest BCUT2D eigenvalue weighted by atomic mass is 10.00. The minimum atomic E-state index is -0.818. The van der Waals surface area contributed by atoms with Gasteiger partial charge in [0.05, 0.1) is 12.2 Å². The fourth-order valence-electron chi connectivity index (χ4n) is 2.01. The van der Waals surface area contributed by atoms with E-state index >= 15 is 0 Å². The molecular formula is C14H28N2O3. The average Bonchev–Trinajstić information content (AvgIpc) is 2.38. The highest BCUT2D eigenvalue weighted by molar-refractivity contribution is 5.84. The van der Waals surface area contributed by atoms with Gasteiger partial charge in [0.2, 0.25) is 0 Å². The van der Waals surface area contributed by atoms with E-state index in [1.54, 1.807) is 20.8 Å². The van der Waals surface area contributed by atoms with Gasteiger partial charge in [-0.1, -0.05) is 6.92 Å². The van der Waals surface area contributed by atoms with Crippen molar-refractivity contribution in [2.24, 2.45) is 0 Å². The Kier molecular flexibility index (Phi) is 5.77. The van der Waals surface area contributed by atoms with Gasteiger partial charge in [-0.3, -0.25) is 4.79 Å². The summed E-state index contributed by atoms with van der Waals surface area (Å²) >= 11 is 0. The van der Waals surface area contributed by atoms with Crippen LogP contribution in [0.15, 0.2) is 0 Å². The van der Waals surface area contributed by atoms with Crippen molar-refractivity contribution in [1.82, 2.24) is 10.2 Å². The van der Waals surface area contributed by atoms with E-state index in [9.17, 15) is 9.90 Å². The summed E-state index contributed by atoms with van der Waals surface area (Å²) in [6.07, 6.45) is 1.23. The Bertz CT molecular complexity index is 297. The molecule has 0 aromatic rings. The van der Waals surface area contributed by atoms with Gasteiger partial charge in [0, 0.05) is 26.2 Å². The molecule has 0 saturated carbocycles. The van der Waals surface area contributed by atoms with Crippen LogP contribution in [0.1, 0.15) is 40.5 Å². The van der Waals surface area contributed by atoms with Gasteiger partial charge < -0.3 is 20.1 Å². The molecule has 0 aromatic heterocycles. The number of rotatable bonds is 6. The molecular weight excluding hydrogens is 244 g/mol. The zero-order valence-corrected chi connectivity index (χ0v) is 12.7. The van der Waals surface area contributed by atoms with Gasteiger partial charge in [-0.15, -0.1) is 0 Å². The standard InChI is InChI=1S/C14H28N2O3/c1-5-14(4,18)6-11-19-13(2,3)12(17)16-9-7-15-8-10-16/h15,18H,5-11H2,1-4H3. The highest BCUT2D eigenvalue weighted by atomic mass is 16.5. The lowest BCUT2D eigenvalue weighted by Crippen LogP contribution is -2.53. The number of amides is 1. The minimum Gasteiger partial charge on any atom is -0.390 e. The van der Waals surface area contributed by atoms with Gasteiger partial charge in [-0.05, 0) is 33.6 Å². The number of carbonyl (C=O) groups excluding carboxylic acids is 1. The molecule has 0 spiro atoms. The van der Waals surface area contributed by atoms with Gasteiger partial charge in [0.15, 0.2) is 0 Å². The van der Waals surface area contributed by atoms with E-state index in [0.29, 0.717) is 19.4 Å². The van der Waals surface area contributed by atoms with Crippen molar-refractivity contribution >= 4 is 5.91 Å². The van der Waals surface area contributed by atoms with Crippen LogP contribution in [-0.2, 0) is 9.53 Å². The maximum atomic E-state index is 12.4. The van der Waals surface area contributed by atoms with Crippen molar-refractivity contribution in [2.75, 3.05) is 32.8 Å². The Labute approximate surface area is 116 Å². The molecule has 0 aliphatic carbocycles. The second-order valence-electron chi connectivity index (χ2n) is 6.00. The highest BCUT2D eigenvalue weighted by Gasteiger charge is 2.34. The summed E-state index contributed by atoms with van der Waals surface area (Å²) in [7, 11) is 0. The fraction of sp³-hybridized carbons (Fsp3) is 0.929. The van der Waals surface area contributed by atoms with Crippen LogP contribution in [0.3, 0.4) is 0 Å². The fourth-order valence-corrected chi connectivity index (χ4v) is 2.01. The second-order valence-corrected chi connectivity index (χ2v) is 6.00. The normalized spacial score (nSPS) is 20.2. The Morgan fingerprint density at radius 1 is 1.32 bits per heavy atom. The summed E-state index contributed by atoms with van der Waals surface area (Å²) in [6, 6.07) is 0. The molecule has 112 valence electrons. The number of piperazine rings is 1. The van der Waals surface area contributed by atoms with Gasteiger partial charge in [0.25, 0.3) is 5.91 Å². The van der Waals surface area contributed by atoms with Crippen LogP contribution in [0.2, 0.25) is 0 Å². The van der Waals surface area contributed by atoms with Crippen molar-refractivity contribution in [3.05, 3.63) is 0 Å². The number of aliphatic hydroxyl groups is 1. The number of nitrogens with zero attached hydrogens (tertiary/aromatic N) is 1. The first kappa shape index (κ1) is 16.4. The number of nitrogens with one attached hydrogen (secondary N) is 1. The maximum Gasteiger partial charge on any atom is 0.254 e. The van der Waals surface area contributed by atoms with E-state index in [1.165, 1.54) is 0 Å². The van der Waals surface area contributed by atoms with Gasteiger partial charge >= 0.3 is 0 Å². The van der Waals surface area contributed by atoms with Crippen LogP contribution in [-0.4, -0.2) is 59.9 Å². The molecule has 1 unspecified atom stereocenters. The minimum absolute atomic E-state index is 0.0325. The average molecular weight is 272 g/mol. The van der Waals surface area contributed by atoms with Gasteiger partial charge in [-0.25, -0.2) is 0 Å². The molecule has 0 bridgehead atoms. The van der Waals surface area contributed by atoms with Crippen LogP contribution in [0, 0.1) is 0 Å². The summed E-state index contributed by atoms with van der Waals surface area (Å²) in [4.78, 5) is 14.2. The molecule has 19 heavy (non-hydrogen) atoms. The largest absolute Gasteiger partial charge is 0.390 e. The number of ether oxygens (including phenoxy) is 1. The third-order valence-corrected chi connectivity index (χ3v) is 3.78. The summed E-state index contributed by atoms with van der Waals surface area (Å²) in [5, 5.41) is 13.1. The van der Waals surface area contributed by atoms with E-state index in [2.05, 4.69) is 5.32 Å². The van der Waals surface area contributed by atoms with E-state index in [-0.39, 0.29) is 5.91 Å². The van der Waals surface area contributed by atoms with E-state index in [4.69, 9.17) is 4.74 Å². The van der Waals surface area contributed by atoms with Crippen LogP contribution in [0.4, 0.5) is 0 Å². The molecule has 1 saturated heterocycles. The molecule has 2 N–H and O–H groups in total. The predicted molar refractivity (Wildman–Crippen MR) is 75.0 cm³/mol. The first-order valence-corrected chi connectivity index (χ1v) is 7.15. The van der Waals surface area contributed by atoms with E-state index in [1.807, 2.05) is 11.8 Å². The quantitative estimate of drug-likeness (QED) is 0.749. The Morgan fingerprint density at radius 3 is 2.42 bits per heavy atom. The molecule has 1 amide bonds. The summed E-state index contributed by atoms with van der Waals surface area (Å²) < 4.78 is 5.71. The third-order valence-electron chi connectivity index (χ3n) is 3.78. The van der Waals surface area contributed by atoms with Crippen LogP contribution in [0.5, 0.6) is 0 Å².